The van der Waals surface area contributed by atoms with Gasteiger partial charge in [0.15, 0.2) is 5.65 Å². The predicted molar refractivity (Wildman–Crippen MR) is 222 cm³/mol. The number of hydrogen-bond donors (Lipinski definition) is 2. The highest BCUT2D eigenvalue weighted by atomic mass is 31.2. The Bertz CT molecular complexity index is 2420. The number of nitrogens with zero attached hydrogens (tertiary/aromatic N) is 4. The van der Waals surface area contributed by atoms with Gasteiger partial charge >= 0.3 is 20.0 Å². The van der Waals surface area contributed by atoms with Gasteiger partial charge in [-0.3, -0.25) is 22.9 Å². The Morgan fingerprint density at radius 2 is 1.52 bits per heavy atom. The molecule has 318 valence electrons. The Morgan fingerprint density at radius 3 is 2.08 bits per heavy atom. The number of nitrogens with one attached hydrogen (secondary N) is 1. The van der Waals surface area contributed by atoms with Gasteiger partial charge < -0.3 is 10.4 Å². The third kappa shape index (κ3) is 10.6. The van der Waals surface area contributed by atoms with E-state index in [1.165, 1.54) is 5.56 Å². The Morgan fingerprint density at radius 1 is 0.917 bits per heavy atom. The first-order valence-electron chi connectivity index (χ1n) is 19.8. The number of aromatic nitrogens is 4. The van der Waals surface area contributed by atoms with Gasteiger partial charge in [0, 0.05) is 23.6 Å². The first-order chi connectivity index (χ1) is 28.7. The summed E-state index contributed by atoms with van der Waals surface area (Å²) >= 11 is 0. The molecule has 0 saturated carbocycles. The number of pyridine rings is 1. The van der Waals surface area contributed by atoms with E-state index < -0.39 is 20.0 Å². The van der Waals surface area contributed by atoms with Gasteiger partial charge in [-0.05, 0) is 104 Å². The Kier molecular flexibility index (Phi) is 14.4. The van der Waals surface area contributed by atoms with Crippen molar-refractivity contribution < 1.29 is 46.0 Å². The molecule has 3 aromatic heterocycles. The summed E-state index contributed by atoms with van der Waals surface area (Å²) in [5, 5.41) is 16.2. The van der Waals surface area contributed by atoms with Gasteiger partial charge in [0.25, 0.3) is 0 Å². The number of piperidine rings is 1. The number of carbonyl (C=O) groups excluding carboxylic acids is 1. The second kappa shape index (κ2) is 19.5. The lowest BCUT2D eigenvalue weighted by Crippen LogP contribution is -2.26. The highest BCUT2D eigenvalue weighted by molar-refractivity contribution is 7.48. The van der Waals surface area contributed by atoms with Crippen molar-refractivity contribution in [2.45, 2.75) is 84.6 Å². The van der Waals surface area contributed by atoms with Crippen LogP contribution < -0.4 is 5.32 Å². The summed E-state index contributed by atoms with van der Waals surface area (Å²) in [7, 11) is -3.97. The van der Waals surface area contributed by atoms with E-state index in [-0.39, 0.29) is 38.1 Å². The average molecular weight is 848 g/mol. The molecule has 0 radical (unpaired) electrons. The van der Waals surface area contributed by atoms with Gasteiger partial charge in [0.1, 0.15) is 6.33 Å². The van der Waals surface area contributed by atoms with Gasteiger partial charge in [-0.25, -0.2) is 18.9 Å². The standard InChI is InChI=1S/C42H48N5O5P.C2HF3O2/c1-29(2)40-36-24-35(34-19-21-43-22-20-34)17-18-38(36)47(41(40)37-25-46-42(44-28-45-46)31(4)30(37)3)39(48)16-11-23-50-53(49,51-26-32-12-7-5-8-13-32)52-27-33-14-9-6-10-15-33;3-2(4,5)1(6)7/h5-10,12-15,17-18,24-25,28-29,34,43H,11,16,19-23,26-27H2,1-4H3;(H,6,7). The van der Waals surface area contributed by atoms with E-state index in [9.17, 15) is 22.5 Å². The van der Waals surface area contributed by atoms with Crippen LogP contribution in [0.1, 0.15) is 89.5 Å². The number of carboxylic acid groups (broad SMARTS) is 1. The highest BCUT2D eigenvalue weighted by Gasteiger charge is 2.38. The van der Waals surface area contributed by atoms with Crippen molar-refractivity contribution in [3.8, 4) is 11.3 Å². The van der Waals surface area contributed by atoms with E-state index in [2.05, 4.69) is 61.3 Å². The van der Waals surface area contributed by atoms with Crippen molar-refractivity contribution >= 4 is 36.2 Å². The SMILES string of the molecule is Cc1c(-c2c(C(C)C)c3cc(C4CCNCC4)ccc3n2C(=O)CCCOP(=O)(OCc2ccccc2)OCc2ccccc2)cn2ncnc2c1C.O=C(O)C(F)(F)F. The third-order valence-corrected chi connectivity index (χ3v) is 11.9. The van der Waals surface area contributed by atoms with E-state index in [1.807, 2.05) is 71.4 Å². The second-order valence-corrected chi connectivity index (χ2v) is 16.6. The molecule has 0 bridgehead atoms. The molecule has 2 N–H and O–H groups in total. The molecule has 0 amide bonds. The summed E-state index contributed by atoms with van der Waals surface area (Å²) in [5.41, 5.74) is 9.72. The van der Waals surface area contributed by atoms with E-state index in [4.69, 9.17) is 23.5 Å². The molecule has 1 fully saturated rings. The van der Waals surface area contributed by atoms with Gasteiger partial charge in [-0.1, -0.05) is 80.6 Å². The van der Waals surface area contributed by atoms with Crippen molar-refractivity contribution in [3.05, 3.63) is 125 Å². The maximum absolute atomic E-state index is 14.6. The van der Waals surface area contributed by atoms with Gasteiger partial charge in [-0.15, -0.1) is 0 Å². The number of phosphoric acid groups is 1. The number of alkyl halides is 3. The molecule has 60 heavy (non-hydrogen) atoms. The van der Waals surface area contributed by atoms with Gasteiger partial charge in [0.05, 0.1) is 31.0 Å². The van der Waals surface area contributed by atoms with Crippen LogP contribution in [0.5, 0.6) is 0 Å². The summed E-state index contributed by atoms with van der Waals surface area (Å²) in [4.78, 5) is 27.9. The lowest BCUT2D eigenvalue weighted by molar-refractivity contribution is -0.192. The second-order valence-electron chi connectivity index (χ2n) is 15.0. The number of hydrogen-bond acceptors (Lipinski definition) is 9. The van der Waals surface area contributed by atoms with Gasteiger partial charge in [-0.2, -0.15) is 18.3 Å². The molecule has 0 atom stereocenters. The zero-order valence-corrected chi connectivity index (χ0v) is 34.8. The summed E-state index contributed by atoms with van der Waals surface area (Å²) in [6.07, 6.45) is 1.12. The maximum Gasteiger partial charge on any atom is 0.490 e. The molecule has 4 heterocycles. The molecule has 7 rings (SSSR count). The molecule has 1 aliphatic rings. The van der Waals surface area contributed by atoms with Crippen molar-refractivity contribution in [1.29, 1.82) is 0 Å². The van der Waals surface area contributed by atoms with Crippen LogP contribution in [0, 0.1) is 13.8 Å². The number of phosphoric ester groups is 1. The van der Waals surface area contributed by atoms with Crippen molar-refractivity contribution in [3.63, 3.8) is 0 Å². The number of halogens is 3. The van der Waals surface area contributed by atoms with E-state index in [1.54, 1.807) is 10.8 Å². The lowest BCUT2D eigenvalue weighted by Gasteiger charge is -2.23. The number of aliphatic carboxylic acids is 1. The molecule has 1 aliphatic heterocycles. The first-order valence-corrected chi connectivity index (χ1v) is 21.3. The number of aryl methyl sites for hydroxylation is 1. The fourth-order valence-electron chi connectivity index (χ4n) is 7.37. The van der Waals surface area contributed by atoms with Crippen molar-refractivity contribution in [2.75, 3.05) is 19.7 Å². The Labute approximate surface area is 346 Å². The fraction of sp³-hybridized carbons (Fsp3) is 0.364. The zero-order chi connectivity index (χ0) is 43.0. The molecule has 1 saturated heterocycles. The summed E-state index contributed by atoms with van der Waals surface area (Å²) < 4.78 is 66.8. The van der Waals surface area contributed by atoms with E-state index >= 15 is 0 Å². The number of rotatable bonds is 14. The molecule has 0 aliphatic carbocycles. The van der Waals surface area contributed by atoms with Gasteiger partial charge in [0.2, 0.25) is 5.91 Å². The zero-order valence-electron chi connectivity index (χ0n) is 33.9. The van der Waals surface area contributed by atoms with Crippen LogP contribution >= 0.6 is 7.82 Å². The molecule has 6 aromatic rings. The lowest BCUT2D eigenvalue weighted by atomic mass is 9.88. The van der Waals surface area contributed by atoms with E-state index in [0.717, 1.165) is 81.6 Å². The number of benzene rings is 3. The summed E-state index contributed by atoms with van der Waals surface area (Å²) in [5.74, 6) is -2.22. The fourth-order valence-corrected chi connectivity index (χ4v) is 8.56. The minimum atomic E-state index is -5.08. The summed E-state index contributed by atoms with van der Waals surface area (Å²) in [6.45, 7) is 10.7. The van der Waals surface area contributed by atoms with Crippen LogP contribution in [-0.4, -0.2) is 62.0 Å². The van der Waals surface area contributed by atoms with Crippen LogP contribution in [0.4, 0.5) is 13.2 Å². The molecule has 12 nitrogen and oxygen atoms in total. The normalized spacial score (nSPS) is 13.8. The topological polar surface area (TPSA) is 146 Å². The first kappa shape index (κ1) is 44.4. The predicted octanol–water partition coefficient (Wildman–Crippen LogP) is 10.2. The molecule has 3 aromatic carbocycles. The number of carboxylic acids is 1. The van der Waals surface area contributed by atoms with Crippen molar-refractivity contribution in [1.82, 2.24) is 24.5 Å². The average Bonchev–Trinajstić information content (AvgIpc) is 3.86. The van der Waals surface area contributed by atoms with Crippen LogP contribution in [0.25, 0.3) is 27.8 Å². The number of fused-ring (bicyclic) bond motifs is 2. The van der Waals surface area contributed by atoms with Crippen molar-refractivity contribution in [2.24, 2.45) is 0 Å². The largest absolute Gasteiger partial charge is 0.490 e. The third-order valence-electron chi connectivity index (χ3n) is 10.5. The minimum Gasteiger partial charge on any atom is -0.475 e. The van der Waals surface area contributed by atoms with Crippen LogP contribution in [0.15, 0.2) is 91.4 Å². The molecule has 0 unspecified atom stereocenters. The molecular weight excluding hydrogens is 798 g/mol. The molecule has 0 spiro atoms. The van der Waals surface area contributed by atoms with Crippen LogP contribution in [0.3, 0.4) is 0 Å². The monoisotopic (exact) mass is 847 g/mol. The van der Waals surface area contributed by atoms with E-state index in [0.29, 0.717) is 12.3 Å². The smallest absolute Gasteiger partial charge is 0.475 e. The quantitative estimate of drug-likeness (QED) is 0.0802. The number of carbonyl (C=O) groups is 2. The van der Waals surface area contributed by atoms with Crippen LogP contribution in [-0.2, 0) is 36.1 Å². The Balaban J connectivity index is 0.000000793. The maximum atomic E-state index is 14.6. The molecule has 16 heteroatoms. The molecular formula is C44H49F3N5O7P. The Hall–Kier alpha value is -5.18. The summed E-state index contributed by atoms with van der Waals surface area (Å²) in [6, 6.07) is 25.6. The highest BCUT2D eigenvalue weighted by Crippen LogP contribution is 2.51. The van der Waals surface area contributed by atoms with Crippen LogP contribution in [0.2, 0.25) is 0 Å². The minimum absolute atomic E-state index is 0.0150.